The average molecular weight is 389 g/mol. The third-order valence-electron chi connectivity index (χ3n) is 3.58. The number of amides is 2. The Hall–Kier alpha value is -2.44. The highest BCUT2D eigenvalue weighted by Crippen LogP contribution is 2.25. The molecule has 26 heavy (non-hydrogen) atoms. The summed E-state index contributed by atoms with van der Waals surface area (Å²) in [4.78, 5) is 24.2. The summed E-state index contributed by atoms with van der Waals surface area (Å²) in [5, 5.41) is 1.69. The fourth-order valence-corrected chi connectivity index (χ4v) is 3.40. The number of halogens is 1. The van der Waals surface area contributed by atoms with E-state index in [9.17, 15) is 9.59 Å². The Morgan fingerprint density at radius 2 is 1.96 bits per heavy atom. The van der Waals surface area contributed by atoms with Crippen molar-refractivity contribution in [3.8, 4) is 5.75 Å². The molecule has 3 rings (SSSR count). The summed E-state index contributed by atoms with van der Waals surface area (Å²) in [5.74, 6) is 0.320. The number of benzene rings is 2. The zero-order valence-corrected chi connectivity index (χ0v) is 15.4. The van der Waals surface area contributed by atoms with Crippen LogP contribution in [0.4, 0.5) is 0 Å². The zero-order valence-electron chi connectivity index (χ0n) is 13.8. The number of carbonyl (C=O) groups excluding carboxylic acids is 2. The summed E-state index contributed by atoms with van der Waals surface area (Å²) in [7, 11) is 0. The van der Waals surface area contributed by atoms with E-state index in [2.05, 4.69) is 5.43 Å². The van der Waals surface area contributed by atoms with E-state index >= 15 is 0 Å². The number of rotatable bonds is 6. The summed E-state index contributed by atoms with van der Waals surface area (Å²) >= 11 is 7.26. The standard InChI is InChI=1S/C19H17ClN2O3S/c20-15-7-9-16(10-8-15)25-12-17(23)21-22-18(24)13-26-19(22)11-6-14-4-2-1-3-5-14/h1-11,19H,12-13H2,(H,21,23)/b11-6+. The van der Waals surface area contributed by atoms with Gasteiger partial charge in [-0.3, -0.25) is 15.0 Å². The van der Waals surface area contributed by atoms with Crippen molar-refractivity contribution in [2.24, 2.45) is 0 Å². The third kappa shape index (κ3) is 5.03. The van der Waals surface area contributed by atoms with Crippen LogP contribution in [0.5, 0.6) is 5.75 Å². The van der Waals surface area contributed by atoms with Crippen molar-refractivity contribution >= 4 is 41.3 Å². The normalized spacial score (nSPS) is 16.9. The van der Waals surface area contributed by atoms with Crippen LogP contribution in [0.2, 0.25) is 5.02 Å². The minimum absolute atomic E-state index is 0.141. The molecule has 7 heteroatoms. The topological polar surface area (TPSA) is 58.6 Å². The molecule has 2 aromatic carbocycles. The van der Waals surface area contributed by atoms with E-state index in [0.717, 1.165) is 5.56 Å². The van der Waals surface area contributed by atoms with E-state index in [0.29, 0.717) is 16.5 Å². The lowest BCUT2D eigenvalue weighted by Gasteiger charge is -2.22. The van der Waals surface area contributed by atoms with Crippen molar-refractivity contribution < 1.29 is 14.3 Å². The first kappa shape index (κ1) is 18.4. The smallest absolute Gasteiger partial charge is 0.276 e. The molecule has 1 unspecified atom stereocenters. The first-order valence-corrected chi connectivity index (χ1v) is 9.39. The van der Waals surface area contributed by atoms with Crippen LogP contribution in [0.15, 0.2) is 60.7 Å². The second-order valence-corrected chi connectivity index (χ2v) is 7.05. The third-order valence-corrected chi connectivity index (χ3v) is 4.96. The molecule has 0 saturated carbocycles. The average Bonchev–Trinajstić information content (AvgIpc) is 3.00. The Labute approximate surface area is 160 Å². The van der Waals surface area contributed by atoms with Crippen LogP contribution in [0.25, 0.3) is 6.08 Å². The molecule has 0 spiro atoms. The molecule has 1 aliphatic rings. The number of carbonyl (C=O) groups is 2. The second kappa shape index (κ2) is 8.78. The summed E-state index contributed by atoms with van der Waals surface area (Å²) in [6.45, 7) is -0.189. The maximum absolute atomic E-state index is 12.1. The first-order valence-electron chi connectivity index (χ1n) is 7.96. The molecule has 2 amide bonds. The number of hydrazine groups is 1. The van der Waals surface area contributed by atoms with Crippen LogP contribution in [0.3, 0.4) is 0 Å². The number of nitrogens with zero attached hydrogens (tertiary/aromatic N) is 1. The van der Waals surface area contributed by atoms with Gasteiger partial charge in [0.1, 0.15) is 11.1 Å². The Bertz CT molecular complexity index is 796. The van der Waals surface area contributed by atoms with Gasteiger partial charge in [0, 0.05) is 5.02 Å². The molecular formula is C19H17ClN2O3S. The van der Waals surface area contributed by atoms with E-state index in [-0.39, 0.29) is 17.9 Å². The van der Waals surface area contributed by atoms with Gasteiger partial charge in [0.25, 0.3) is 11.8 Å². The number of nitrogens with one attached hydrogen (secondary N) is 1. The lowest BCUT2D eigenvalue weighted by atomic mass is 10.2. The van der Waals surface area contributed by atoms with Gasteiger partial charge in [-0.05, 0) is 35.9 Å². The highest BCUT2D eigenvalue weighted by molar-refractivity contribution is 8.01. The van der Waals surface area contributed by atoms with E-state index in [4.69, 9.17) is 16.3 Å². The maximum atomic E-state index is 12.1. The summed E-state index contributed by atoms with van der Waals surface area (Å²) in [6, 6.07) is 16.5. The minimum Gasteiger partial charge on any atom is -0.484 e. The van der Waals surface area contributed by atoms with Gasteiger partial charge >= 0.3 is 0 Å². The predicted octanol–water partition coefficient (Wildman–Crippen LogP) is 3.36. The number of ether oxygens (including phenoxy) is 1. The predicted molar refractivity (Wildman–Crippen MR) is 104 cm³/mol. The Morgan fingerprint density at radius 3 is 2.69 bits per heavy atom. The van der Waals surface area contributed by atoms with Gasteiger partial charge in [0.05, 0.1) is 5.75 Å². The van der Waals surface area contributed by atoms with Crippen LogP contribution >= 0.6 is 23.4 Å². The molecule has 1 fully saturated rings. The quantitative estimate of drug-likeness (QED) is 0.824. The summed E-state index contributed by atoms with van der Waals surface area (Å²) < 4.78 is 5.40. The van der Waals surface area contributed by atoms with Crippen molar-refractivity contribution in [1.29, 1.82) is 0 Å². The van der Waals surface area contributed by atoms with Gasteiger partial charge in [0.15, 0.2) is 6.61 Å². The monoisotopic (exact) mass is 388 g/mol. The molecule has 1 atom stereocenters. The number of thioether (sulfide) groups is 1. The van der Waals surface area contributed by atoms with Gasteiger partial charge < -0.3 is 4.74 Å². The molecule has 1 heterocycles. The Balaban J connectivity index is 1.55. The van der Waals surface area contributed by atoms with Gasteiger partial charge in [-0.25, -0.2) is 5.01 Å². The van der Waals surface area contributed by atoms with Crippen molar-refractivity contribution in [2.45, 2.75) is 5.37 Å². The molecular weight excluding hydrogens is 372 g/mol. The van der Waals surface area contributed by atoms with Crippen molar-refractivity contribution in [3.05, 3.63) is 71.3 Å². The number of hydrogen-bond acceptors (Lipinski definition) is 4. The van der Waals surface area contributed by atoms with Crippen LogP contribution in [-0.2, 0) is 9.59 Å². The highest BCUT2D eigenvalue weighted by Gasteiger charge is 2.31. The molecule has 5 nitrogen and oxygen atoms in total. The van der Waals surface area contributed by atoms with E-state index < -0.39 is 5.91 Å². The van der Waals surface area contributed by atoms with Gasteiger partial charge in [-0.2, -0.15) is 0 Å². The molecule has 1 N–H and O–H groups in total. The van der Waals surface area contributed by atoms with Crippen molar-refractivity contribution in [1.82, 2.24) is 10.4 Å². The lowest BCUT2D eigenvalue weighted by Crippen LogP contribution is -2.48. The van der Waals surface area contributed by atoms with Crippen LogP contribution in [0, 0.1) is 0 Å². The molecule has 1 saturated heterocycles. The van der Waals surface area contributed by atoms with Gasteiger partial charge in [0.2, 0.25) is 0 Å². The molecule has 0 aliphatic carbocycles. The maximum Gasteiger partial charge on any atom is 0.276 e. The number of hydrogen-bond donors (Lipinski definition) is 1. The molecule has 0 radical (unpaired) electrons. The zero-order chi connectivity index (χ0) is 18.4. The van der Waals surface area contributed by atoms with E-state index in [1.54, 1.807) is 24.3 Å². The van der Waals surface area contributed by atoms with E-state index in [1.165, 1.54) is 16.8 Å². The van der Waals surface area contributed by atoms with Crippen LogP contribution in [-0.4, -0.2) is 34.6 Å². The lowest BCUT2D eigenvalue weighted by molar-refractivity contribution is -0.139. The fourth-order valence-electron chi connectivity index (χ4n) is 2.31. The largest absolute Gasteiger partial charge is 0.484 e. The fraction of sp³-hybridized carbons (Fsp3) is 0.158. The molecule has 0 aromatic heterocycles. The van der Waals surface area contributed by atoms with E-state index in [1.807, 2.05) is 42.5 Å². The molecule has 134 valence electrons. The molecule has 2 aromatic rings. The van der Waals surface area contributed by atoms with Crippen LogP contribution in [0.1, 0.15) is 5.56 Å². The molecule has 0 bridgehead atoms. The van der Waals surface area contributed by atoms with Crippen LogP contribution < -0.4 is 10.2 Å². The molecule has 1 aliphatic heterocycles. The summed E-state index contributed by atoms with van der Waals surface area (Å²) in [5.41, 5.74) is 3.65. The van der Waals surface area contributed by atoms with Gasteiger partial charge in [-0.1, -0.05) is 48.0 Å². The highest BCUT2D eigenvalue weighted by atomic mass is 35.5. The first-order chi connectivity index (χ1) is 12.6. The van der Waals surface area contributed by atoms with Crippen molar-refractivity contribution in [3.63, 3.8) is 0 Å². The van der Waals surface area contributed by atoms with Gasteiger partial charge in [-0.15, -0.1) is 11.8 Å². The second-order valence-electron chi connectivity index (χ2n) is 5.51. The Morgan fingerprint density at radius 1 is 1.23 bits per heavy atom. The SMILES string of the molecule is O=C(COc1ccc(Cl)cc1)NN1C(=O)CSC1/C=C/c1ccccc1. The Kier molecular flexibility index (Phi) is 6.20. The summed E-state index contributed by atoms with van der Waals surface area (Å²) in [6.07, 6.45) is 3.82. The van der Waals surface area contributed by atoms with Crippen molar-refractivity contribution in [2.75, 3.05) is 12.4 Å². The minimum atomic E-state index is -0.395.